The summed E-state index contributed by atoms with van der Waals surface area (Å²) in [4.78, 5) is 29.1. The molecular weight excluding hydrogens is 302 g/mol. The Morgan fingerprint density at radius 2 is 1.71 bits per heavy atom. The molecule has 0 bridgehead atoms. The summed E-state index contributed by atoms with van der Waals surface area (Å²) in [6, 6.07) is 10.0. The lowest BCUT2D eigenvalue weighted by molar-refractivity contribution is -0.141. The lowest BCUT2D eigenvalue weighted by atomic mass is 9.94. The largest absolute Gasteiger partial charge is 0.342 e. The highest BCUT2D eigenvalue weighted by atomic mass is 16.2. The van der Waals surface area contributed by atoms with E-state index in [4.69, 9.17) is 5.73 Å². The zero-order valence-corrected chi connectivity index (χ0v) is 14.2. The Balaban J connectivity index is 1.55. The number of amides is 2. The quantitative estimate of drug-likeness (QED) is 0.912. The highest BCUT2D eigenvalue weighted by Gasteiger charge is 2.32. The molecule has 0 spiro atoms. The molecule has 1 atom stereocenters. The minimum Gasteiger partial charge on any atom is -0.342 e. The number of nitrogens with two attached hydrogens (primary N) is 1. The van der Waals surface area contributed by atoms with Gasteiger partial charge in [0, 0.05) is 32.2 Å². The van der Waals surface area contributed by atoms with E-state index in [2.05, 4.69) is 0 Å². The van der Waals surface area contributed by atoms with Crippen molar-refractivity contribution in [2.45, 2.75) is 38.1 Å². The molecule has 24 heavy (non-hydrogen) atoms. The minimum absolute atomic E-state index is 0.0483. The summed E-state index contributed by atoms with van der Waals surface area (Å²) in [5.74, 6) is 0.284. The van der Waals surface area contributed by atoms with Gasteiger partial charge in [-0.15, -0.1) is 0 Å². The number of piperidine rings is 2. The third kappa shape index (κ3) is 4.15. The van der Waals surface area contributed by atoms with E-state index in [0.29, 0.717) is 13.0 Å². The average molecular weight is 329 g/mol. The Hall–Kier alpha value is -1.88. The van der Waals surface area contributed by atoms with Crippen molar-refractivity contribution in [1.82, 2.24) is 9.80 Å². The fourth-order valence-corrected chi connectivity index (χ4v) is 3.67. The molecular formula is C19H27N3O2. The first kappa shape index (κ1) is 17.0. The molecule has 2 amide bonds. The number of benzene rings is 1. The molecule has 130 valence electrons. The molecule has 2 fully saturated rings. The fourth-order valence-electron chi connectivity index (χ4n) is 3.67. The molecule has 1 aromatic carbocycles. The van der Waals surface area contributed by atoms with E-state index in [0.717, 1.165) is 50.9 Å². The zero-order valence-electron chi connectivity index (χ0n) is 14.2. The molecule has 0 radical (unpaired) electrons. The molecule has 5 heteroatoms. The van der Waals surface area contributed by atoms with Crippen LogP contribution < -0.4 is 5.73 Å². The maximum atomic E-state index is 12.7. The standard InChI is InChI=1S/C19H27N3O2/c20-17-8-11-21(12-9-17)19(24)16-7-4-10-22(14-16)18(23)13-15-5-2-1-3-6-15/h1-3,5-6,16-17H,4,7-14,20H2. The Morgan fingerprint density at radius 1 is 1.00 bits per heavy atom. The lowest BCUT2D eigenvalue weighted by Gasteiger charge is -2.37. The maximum absolute atomic E-state index is 12.7. The molecule has 0 saturated carbocycles. The van der Waals surface area contributed by atoms with E-state index in [1.165, 1.54) is 0 Å². The van der Waals surface area contributed by atoms with Gasteiger partial charge in [0.25, 0.3) is 0 Å². The van der Waals surface area contributed by atoms with Gasteiger partial charge in [-0.2, -0.15) is 0 Å². The first-order valence-electron chi connectivity index (χ1n) is 8.99. The smallest absolute Gasteiger partial charge is 0.227 e. The molecule has 0 aromatic heterocycles. The molecule has 1 unspecified atom stereocenters. The molecule has 2 aliphatic heterocycles. The van der Waals surface area contributed by atoms with Crippen LogP contribution in [0.3, 0.4) is 0 Å². The molecule has 1 aromatic rings. The third-order valence-electron chi connectivity index (χ3n) is 5.17. The first-order chi connectivity index (χ1) is 11.6. The van der Waals surface area contributed by atoms with E-state index in [1.54, 1.807) is 0 Å². The van der Waals surface area contributed by atoms with Crippen molar-refractivity contribution in [3.8, 4) is 0 Å². The van der Waals surface area contributed by atoms with Crippen LogP contribution in [0.2, 0.25) is 0 Å². The number of hydrogen-bond donors (Lipinski definition) is 1. The molecule has 5 nitrogen and oxygen atoms in total. The number of nitrogens with zero attached hydrogens (tertiary/aromatic N) is 2. The Morgan fingerprint density at radius 3 is 2.42 bits per heavy atom. The van der Waals surface area contributed by atoms with E-state index < -0.39 is 0 Å². The topological polar surface area (TPSA) is 66.6 Å². The second-order valence-electron chi connectivity index (χ2n) is 7.00. The highest BCUT2D eigenvalue weighted by molar-refractivity contribution is 5.82. The van der Waals surface area contributed by atoms with Gasteiger partial charge in [-0.1, -0.05) is 30.3 Å². The van der Waals surface area contributed by atoms with Crippen LogP contribution in [-0.4, -0.2) is 53.8 Å². The van der Waals surface area contributed by atoms with Crippen molar-refractivity contribution < 1.29 is 9.59 Å². The van der Waals surface area contributed by atoms with Gasteiger partial charge in [-0.3, -0.25) is 9.59 Å². The van der Waals surface area contributed by atoms with Crippen molar-refractivity contribution in [3.63, 3.8) is 0 Å². The molecule has 2 aliphatic rings. The highest BCUT2D eigenvalue weighted by Crippen LogP contribution is 2.21. The van der Waals surface area contributed by atoms with E-state index in [1.807, 2.05) is 40.1 Å². The van der Waals surface area contributed by atoms with Crippen molar-refractivity contribution in [1.29, 1.82) is 0 Å². The van der Waals surface area contributed by atoms with E-state index >= 15 is 0 Å². The monoisotopic (exact) mass is 329 g/mol. The molecule has 2 heterocycles. The fraction of sp³-hybridized carbons (Fsp3) is 0.579. The number of carbonyl (C=O) groups excluding carboxylic acids is 2. The van der Waals surface area contributed by atoms with Crippen LogP contribution in [0.15, 0.2) is 30.3 Å². The normalized spacial score (nSPS) is 22.5. The second-order valence-corrected chi connectivity index (χ2v) is 7.00. The zero-order chi connectivity index (χ0) is 16.9. The predicted molar refractivity (Wildman–Crippen MR) is 93.2 cm³/mol. The molecule has 2 saturated heterocycles. The van der Waals surface area contributed by atoms with Gasteiger partial charge in [0.1, 0.15) is 0 Å². The van der Waals surface area contributed by atoms with Crippen LogP contribution in [-0.2, 0) is 16.0 Å². The van der Waals surface area contributed by atoms with Crippen LogP contribution in [0.25, 0.3) is 0 Å². The predicted octanol–water partition coefficient (Wildman–Crippen LogP) is 1.42. The summed E-state index contributed by atoms with van der Waals surface area (Å²) in [6.07, 6.45) is 3.98. The van der Waals surface area contributed by atoms with Gasteiger partial charge in [0.05, 0.1) is 12.3 Å². The van der Waals surface area contributed by atoms with Crippen LogP contribution in [0.4, 0.5) is 0 Å². The summed E-state index contributed by atoms with van der Waals surface area (Å²) in [5.41, 5.74) is 6.95. The van der Waals surface area contributed by atoms with Gasteiger partial charge < -0.3 is 15.5 Å². The van der Waals surface area contributed by atoms with Crippen LogP contribution in [0, 0.1) is 5.92 Å². The van der Waals surface area contributed by atoms with Crippen LogP contribution >= 0.6 is 0 Å². The van der Waals surface area contributed by atoms with Gasteiger partial charge >= 0.3 is 0 Å². The van der Waals surface area contributed by atoms with Crippen LogP contribution in [0.5, 0.6) is 0 Å². The SMILES string of the molecule is NC1CCN(C(=O)C2CCCN(C(=O)Cc3ccccc3)C2)CC1. The van der Waals surface area contributed by atoms with E-state index in [-0.39, 0.29) is 23.8 Å². The summed E-state index contributed by atoms with van der Waals surface area (Å²) in [7, 11) is 0. The van der Waals surface area contributed by atoms with Gasteiger partial charge in [-0.05, 0) is 31.2 Å². The van der Waals surface area contributed by atoms with Crippen molar-refractivity contribution >= 4 is 11.8 Å². The summed E-state index contributed by atoms with van der Waals surface area (Å²) in [6.45, 7) is 2.84. The van der Waals surface area contributed by atoms with Gasteiger partial charge in [-0.25, -0.2) is 0 Å². The summed E-state index contributed by atoms with van der Waals surface area (Å²) >= 11 is 0. The Bertz CT molecular complexity index is 567. The third-order valence-corrected chi connectivity index (χ3v) is 5.17. The maximum Gasteiger partial charge on any atom is 0.227 e. The first-order valence-corrected chi connectivity index (χ1v) is 8.99. The van der Waals surface area contributed by atoms with Gasteiger partial charge in [0.15, 0.2) is 0 Å². The van der Waals surface area contributed by atoms with E-state index in [9.17, 15) is 9.59 Å². The molecule has 0 aliphatic carbocycles. The number of hydrogen-bond acceptors (Lipinski definition) is 3. The number of carbonyl (C=O) groups is 2. The number of likely N-dealkylation sites (tertiary alicyclic amines) is 2. The number of rotatable bonds is 3. The van der Waals surface area contributed by atoms with Crippen molar-refractivity contribution in [2.24, 2.45) is 11.7 Å². The molecule has 3 rings (SSSR count). The van der Waals surface area contributed by atoms with Gasteiger partial charge in [0.2, 0.25) is 11.8 Å². The van der Waals surface area contributed by atoms with Crippen molar-refractivity contribution in [3.05, 3.63) is 35.9 Å². The second kappa shape index (κ2) is 7.79. The van der Waals surface area contributed by atoms with Crippen molar-refractivity contribution in [2.75, 3.05) is 26.2 Å². The van der Waals surface area contributed by atoms with Crippen LogP contribution in [0.1, 0.15) is 31.2 Å². The molecule has 2 N–H and O–H groups in total. The lowest BCUT2D eigenvalue weighted by Crippen LogP contribution is -2.50. The summed E-state index contributed by atoms with van der Waals surface area (Å²) in [5, 5.41) is 0. The summed E-state index contributed by atoms with van der Waals surface area (Å²) < 4.78 is 0. The Labute approximate surface area is 143 Å². The minimum atomic E-state index is -0.0483. The average Bonchev–Trinajstić information content (AvgIpc) is 2.63. The Kier molecular flexibility index (Phi) is 5.51.